The summed E-state index contributed by atoms with van der Waals surface area (Å²) in [5, 5.41) is 11.7. The van der Waals surface area contributed by atoms with E-state index in [1.54, 1.807) is 7.11 Å². The maximum absolute atomic E-state index is 14.3. The Hall–Kier alpha value is -4.00. The van der Waals surface area contributed by atoms with Crippen LogP contribution in [0.25, 0.3) is 0 Å². The molecule has 3 aromatic carbocycles. The molecule has 0 radical (unpaired) electrons. The van der Waals surface area contributed by atoms with Crippen molar-refractivity contribution in [1.29, 1.82) is 0 Å². The van der Waals surface area contributed by atoms with Crippen molar-refractivity contribution in [2.75, 3.05) is 39.9 Å². The third-order valence-corrected chi connectivity index (χ3v) is 7.72. The second-order valence-electron chi connectivity index (χ2n) is 10.3. The molecule has 5 rings (SSSR count). The molecule has 0 aliphatic carbocycles. The van der Waals surface area contributed by atoms with Crippen molar-refractivity contribution in [3.63, 3.8) is 0 Å². The molecule has 2 aliphatic rings. The van der Waals surface area contributed by atoms with Crippen molar-refractivity contribution in [2.24, 2.45) is 4.99 Å². The van der Waals surface area contributed by atoms with Gasteiger partial charge in [0, 0.05) is 42.3 Å². The quantitative estimate of drug-likeness (QED) is 0.279. The van der Waals surface area contributed by atoms with Crippen molar-refractivity contribution in [1.82, 2.24) is 15.1 Å². The zero-order chi connectivity index (χ0) is 33.4. The molecule has 9 nitrogen and oxygen atoms in total. The summed E-state index contributed by atoms with van der Waals surface area (Å²) in [6.45, 7) is 5.30. The van der Waals surface area contributed by atoms with E-state index in [2.05, 4.69) is 12.2 Å². The van der Waals surface area contributed by atoms with Crippen LogP contribution in [0.3, 0.4) is 0 Å². The number of benzene rings is 3. The number of hydrogen-bond donors (Lipinski definition) is 2. The van der Waals surface area contributed by atoms with Crippen LogP contribution in [0.15, 0.2) is 71.7 Å². The number of amides is 2. The van der Waals surface area contributed by atoms with Gasteiger partial charge in [-0.1, -0.05) is 54.4 Å². The lowest BCUT2D eigenvalue weighted by Crippen LogP contribution is -2.53. The van der Waals surface area contributed by atoms with Crippen LogP contribution >= 0.6 is 23.2 Å². The average molecular weight is 682 g/mol. The Balaban J connectivity index is 0.000000617. The minimum atomic E-state index is -5.08. The van der Waals surface area contributed by atoms with Gasteiger partial charge in [-0.05, 0) is 53.9 Å². The van der Waals surface area contributed by atoms with Gasteiger partial charge >= 0.3 is 18.2 Å². The fraction of sp³-hybridized carbons (Fsp3) is 0.344. The van der Waals surface area contributed by atoms with E-state index < -0.39 is 18.2 Å². The van der Waals surface area contributed by atoms with Gasteiger partial charge in [-0.2, -0.15) is 13.2 Å². The first-order valence-electron chi connectivity index (χ1n) is 14.4. The highest BCUT2D eigenvalue weighted by Crippen LogP contribution is 2.45. The van der Waals surface area contributed by atoms with Gasteiger partial charge in [0.2, 0.25) is 0 Å². The number of halogens is 5. The molecule has 246 valence electrons. The highest BCUT2D eigenvalue weighted by molar-refractivity contribution is 6.30. The number of nitrogens with one attached hydrogen (secondary N) is 1. The average Bonchev–Trinajstić information content (AvgIpc) is 3.44. The number of aliphatic carboxylic acids is 1. The Morgan fingerprint density at radius 3 is 2.07 bits per heavy atom. The predicted molar refractivity (Wildman–Crippen MR) is 169 cm³/mol. The van der Waals surface area contributed by atoms with E-state index >= 15 is 0 Å². The summed E-state index contributed by atoms with van der Waals surface area (Å²) in [7, 11) is 1.62. The normalized spacial score (nSPS) is 17.9. The number of carboxylic acid groups (broad SMARTS) is 1. The van der Waals surface area contributed by atoms with E-state index in [4.69, 9.17) is 47.6 Å². The van der Waals surface area contributed by atoms with Crippen molar-refractivity contribution in [2.45, 2.75) is 31.6 Å². The number of carboxylic acids is 1. The smallest absolute Gasteiger partial charge is 0.490 e. The van der Waals surface area contributed by atoms with E-state index in [1.807, 2.05) is 76.5 Å². The van der Waals surface area contributed by atoms with Gasteiger partial charge in [0.1, 0.15) is 23.4 Å². The summed E-state index contributed by atoms with van der Waals surface area (Å²) in [6, 6.07) is 20.1. The number of ether oxygens (including phenoxy) is 2. The summed E-state index contributed by atoms with van der Waals surface area (Å²) in [6.07, 6.45) is -4.24. The summed E-state index contributed by atoms with van der Waals surface area (Å²) in [5.74, 6) is -0.897. The van der Waals surface area contributed by atoms with Gasteiger partial charge in [0.05, 0.1) is 25.3 Å². The Morgan fingerprint density at radius 2 is 1.54 bits per heavy atom. The number of carbonyl (C=O) groups is 2. The number of rotatable bonds is 7. The SMILES string of the molecule is CCCOc1cc(OC)ccc1C1=NC(c2ccc(Cl)cc2)C(c2ccc(Cl)cc2)N1C(=O)N1CCNCC1.O=C(O)C(F)(F)F. The van der Waals surface area contributed by atoms with E-state index in [0.29, 0.717) is 47.1 Å². The topological polar surface area (TPSA) is 104 Å². The van der Waals surface area contributed by atoms with Crippen LogP contribution in [0.1, 0.15) is 42.1 Å². The highest BCUT2D eigenvalue weighted by atomic mass is 35.5. The minimum absolute atomic E-state index is 0.0936. The molecule has 46 heavy (non-hydrogen) atoms. The predicted octanol–water partition coefficient (Wildman–Crippen LogP) is 6.99. The van der Waals surface area contributed by atoms with E-state index in [0.717, 1.165) is 36.2 Å². The number of urea groups is 1. The van der Waals surface area contributed by atoms with Crippen LogP contribution in [0.5, 0.6) is 11.5 Å². The van der Waals surface area contributed by atoms with Gasteiger partial charge in [-0.25, -0.2) is 9.59 Å². The molecular formula is C32H33Cl2F3N4O5. The van der Waals surface area contributed by atoms with Crippen molar-refractivity contribution in [3.05, 3.63) is 93.5 Å². The number of alkyl halides is 3. The first-order valence-corrected chi connectivity index (χ1v) is 15.2. The number of amidine groups is 1. The zero-order valence-electron chi connectivity index (χ0n) is 25.1. The second kappa shape index (κ2) is 15.5. The molecule has 0 aromatic heterocycles. The third-order valence-electron chi connectivity index (χ3n) is 7.22. The molecule has 1 saturated heterocycles. The minimum Gasteiger partial charge on any atom is -0.497 e. The monoisotopic (exact) mass is 680 g/mol. The fourth-order valence-electron chi connectivity index (χ4n) is 5.01. The zero-order valence-corrected chi connectivity index (χ0v) is 26.6. The maximum Gasteiger partial charge on any atom is 0.490 e. The fourth-order valence-corrected chi connectivity index (χ4v) is 5.26. The largest absolute Gasteiger partial charge is 0.497 e. The lowest BCUT2D eigenvalue weighted by Gasteiger charge is -2.36. The van der Waals surface area contributed by atoms with Gasteiger partial charge in [0.25, 0.3) is 0 Å². The Morgan fingerprint density at radius 1 is 0.978 bits per heavy atom. The number of hydrogen-bond acceptors (Lipinski definition) is 6. The molecule has 2 aliphatic heterocycles. The summed E-state index contributed by atoms with van der Waals surface area (Å²) in [4.78, 5) is 32.2. The van der Waals surface area contributed by atoms with Gasteiger partial charge in [-0.15, -0.1) is 0 Å². The van der Waals surface area contributed by atoms with Gasteiger partial charge in [-0.3, -0.25) is 9.89 Å². The lowest BCUT2D eigenvalue weighted by molar-refractivity contribution is -0.192. The molecule has 0 bridgehead atoms. The lowest BCUT2D eigenvalue weighted by atomic mass is 9.93. The second-order valence-corrected chi connectivity index (χ2v) is 11.2. The highest BCUT2D eigenvalue weighted by Gasteiger charge is 2.44. The molecule has 3 aromatic rings. The van der Waals surface area contributed by atoms with Gasteiger partial charge in [0.15, 0.2) is 0 Å². The van der Waals surface area contributed by atoms with Crippen molar-refractivity contribution >= 4 is 41.0 Å². The van der Waals surface area contributed by atoms with E-state index in [-0.39, 0.29) is 12.1 Å². The Kier molecular flexibility index (Phi) is 11.8. The molecule has 2 amide bonds. The molecule has 14 heteroatoms. The summed E-state index contributed by atoms with van der Waals surface area (Å²) in [5.41, 5.74) is 2.63. The van der Waals surface area contributed by atoms with E-state index in [9.17, 15) is 18.0 Å². The standard InChI is InChI=1S/C30H32Cl2N4O3.C2HF3O2/c1-3-18-39-26-19-24(38-2)12-13-25(26)29-34-27(20-4-8-22(31)9-5-20)28(21-6-10-23(32)11-7-21)36(29)30(37)35-16-14-33-15-17-35;3-2(4,5)1(6)7/h4-13,19,27-28,33H,3,14-18H2,1-2H3;(H,6,7). The van der Waals surface area contributed by atoms with Crippen LogP contribution in [0, 0.1) is 0 Å². The summed E-state index contributed by atoms with van der Waals surface area (Å²) < 4.78 is 43.4. The molecule has 0 spiro atoms. The van der Waals surface area contributed by atoms with Crippen LogP contribution in [-0.2, 0) is 4.79 Å². The first-order chi connectivity index (χ1) is 21.9. The molecule has 2 heterocycles. The Labute approximate surface area is 274 Å². The summed E-state index contributed by atoms with van der Waals surface area (Å²) >= 11 is 12.5. The van der Waals surface area contributed by atoms with E-state index in [1.165, 1.54) is 0 Å². The number of carbonyl (C=O) groups excluding carboxylic acids is 1. The molecule has 2 N–H and O–H groups in total. The number of nitrogens with zero attached hydrogens (tertiary/aromatic N) is 3. The Bertz CT molecular complexity index is 1530. The van der Waals surface area contributed by atoms with Crippen LogP contribution in [0.4, 0.5) is 18.0 Å². The number of aliphatic imine (C=N–C) groups is 1. The molecular weight excluding hydrogens is 648 g/mol. The number of piperazine rings is 1. The van der Waals surface area contributed by atoms with Crippen molar-refractivity contribution < 1.29 is 37.3 Å². The molecule has 2 atom stereocenters. The maximum atomic E-state index is 14.3. The van der Waals surface area contributed by atoms with Crippen LogP contribution in [0.2, 0.25) is 10.0 Å². The van der Waals surface area contributed by atoms with Crippen LogP contribution in [-0.4, -0.2) is 78.8 Å². The third kappa shape index (κ3) is 8.42. The van der Waals surface area contributed by atoms with Crippen LogP contribution < -0.4 is 14.8 Å². The first kappa shape index (κ1) is 34.9. The molecule has 0 saturated carbocycles. The molecule has 1 fully saturated rings. The van der Waals surface area contributed by atoms with Crippen molar-refractivity contribution in [3.8, 4) is 11.5 Å². The van der Waals surface area contributed by atoms with Gasteiger partial charge < -0.3 is 24.8 Å². The number of methoxy groups -OCH3 is 1. The molecule has 2 unspecified atom stereocenters.